The van der Waals surface area contributed by atoms with Crippen molar-refractivity contribution in [3.05, 3.63) is 108 Å². The Hall–Kier alpha value is -2.84. The molecule has 0 heterocycles. The normalized spacial score (nSPS) is 12.7. The fourth-order valence-electron chi connectivity index (χ4n) is 3.64. The maximum atomic E-state index is 11.2. The van der Waals surface area contributed by atoms with E-state index >= 15 is 0 Å². The fourth-order valence-corrected chi connectivity index (χ4v) is 6.10. The zero-order chi connectivity index (χ0) is 22.6. The van der Waals surface area contributed by atoms with Crippen molar-refractivity contribution in [2.75, 3.05) is 0 Å². The van der Waals surface area contributed by atoms with E-state index in [2.05, 4.69) is 16.3 Å². The summed E-state index contributed by atoms with van der Waals surface area (Å²) in [6.07, 6.45) is 0. The monoisotopic (exact) mass is 466 g/mol. The van der Waals surface area contributed by atoms with E-state index in [-0.39, 0.29) is 23.3 Å². The molecule has 4 aromatic rings. The number of benzene rings is 4. The highest BCUT2D eigenvalue weighted by atomic mass is 32.3. The first-order valence-electron chi connectivity index (χ1n) is 9.99. The van der Waals surface area contributed by atoms with Gasteiger partial charge in [0.25, 0.3) is 0 Å². The molecule has 5 nitrogen and oxygen atoms in total. The third-order valence-electron chi connectivity index (χ3n) is 5.17. The van der Waals surface area contributed by atoms with Gasteiger partial charge in [-0.05, 0) is 40.6 Å². The molecular weight excluding hydrogens is 444 g/mol. The molecule has 0 saturated heterocycles. The van der Waals surface area contributed by atoms with Gasteiger partial charge in [-0.1, -0.05) is 66.7 Å². The molecule has 0 aromatic heterocycles. The zero-order valence-corrected chi connectivity index (χ0v) is 18.8. The van der Waals surface area contributed by atoms with Crippen LogP contribution in [0, 0.1) is 0 Å². The van der Waals surface area contributed by atoms with Gasteiger partial charge in [0.15, 0.2) is 4.90 Å². The van der Waals surface area contributed by atoms with Crippen molar-refractivity contribution in [1.82, 2.24) is 0 Å². The topological polar surface area (TPSA) is 86.7 Å². The van der Waals surface area contributed by atoms with E-state index in [0.717, 1.165) is 27.0 Å². The third kappa shape index (κ3) is 5.69. The number of rotatable bonds is 8. The van der Waals surface area contributed by atoms with E-state index in [0.29, 0.717) is 11.3 Å². The summed E-state index contributed by atoms with van der Waals surface area (Å²) in [6.45, 7) is -0.305. The summed E-state index contributed by atoms with van der Waals surface area (Å²) in [6, 6.07) is 28.9. The number of phenolic OH excluding ortho intramolecular Hbond substituents is 1. The Bertz CT molecular complexity index is 1300. The van der Waals surface area contributed by atoms with E-state index in [4.69, 9.17) is 0 Å². The predicted octanol–water partition coefficient (Wildman–Crippen LogP) is 4.90. The van der Waals surface area contributed by atoms with Crippen molar-refractivity contribution in [1.29, 1.82) is 0 Å². The maximum absolute atomic E-state index is 11.2. The van der Waals surface area contributed by atoms with Gasteiger partial charge in [-0.15, -0.1) is 0 Å². The fraction of sp³-hybridized carbons (Fsp3) is 0.120. The van der Waals surface area contributed by atoms with Crippen LogP contribution in [0.15, 0.2) is 95.9 Å². The standard InChI is InChI=1S/C25H22O5S2/c26-22-12-14-23(15-13-22)31(17-19-6-2-1-3-7-19)18-21-11-10-20-8-4-5-9-24(20)25(21)16-30-32(27,28)29/h1-15H,16-18H2,(H-,26,27,28,29). The summed E-state index contributed by atoms with van der Waals surface area (Å²) in [5, 5.41) is 11.5. The number of hydrogen-bond donors (Lipinski definition) is 1. The van der Waals surface area contributed by atoms with Crippen LogP contribution in [0.2, 0.25) is 0 Å². The second kappa shape index (κ2) is 9.75. The number of aromatic hydroxyl groups is 1. The average molecular weight is 467 g/mol. The van der Waals surface area contributed by atoms with Gasteiger partial charge in [0.2, 0.25) is 10.4 Å². The lowest BCUT2D eigenvalue weighted by Gasteiger charge is -2.16. The zero-order valence-electron chi connectivity index (χ0n) is 17.2. The first-order valence-corrected chi connectivity index (χ1v) is 12.9. The second-order valence-electron chi connectivity index (χ2n) is 7.36. The van der Waals surface area contributed by atoms with Crippen LogP contribution in [-0.2, 0) is 43.6 Å². The molecule has 0 aliphatic carbocycles. The first-order chi connectivity index (χ1) is 15.4. The van der Waals surface area contributed by atoms with Crippen LogP contribution in [0.3, 0.4) is 0 Å². The molecule has 0 saturated carbocycles. The van der Waals surface area contributed by atoms with Crippen LogP contribution in [-0.4, -0.2) is 18.1 Å². The minimum atomic E-state index is -4.82. The molecule has 0 bridgehead atoms. The molecule has 0 fully saturated rings. The molecule has 1 unspecified atom stereocenters. The number of phenols is 1. The Labute approximate surface area is 190 Å². The van der Waals surface area contributed by atoms with Gasteiger partial charge in [-0.3, -0.25) is 4.18 Å². The van der Waals surface area contributed by atoms with Gasteiger partial charge >= 0.3 is 0 Å². The van der Waals surface area contributed by atoms with Crippen LogP contribution >= 0.6 is 0 Å². The molecule has 7 heteroatoms. The summed E-state index contributed by atoms with van der Waals surface area (Å²) >= 11 is 0. The first kappa shape index (κ1) is 22.4. The Morgan fingerprint density at radius 2 is 1.50 bits per heavy atom. The molecule has 0 amide bonds. The molecule has 0 radical (unpaired) electrons. The number of fused-ring (bicyclic) bond motifs is 1. The number of hydrogen-bond acceptors (Lipinski definition) is 5. The molecule has 1 N–H and O–H groups in total. The summed E-state index contributed by atoms with van der Waals surface area (Å²) < 4.78 is 38.2. The van der Waals surface area contributed by atoms with E-state index < -0.39 is 10.4 Å². The van der Waals surface area contributed by atoms with Crippen molar-refractivity contribution < 1.29 is 22.3 Å². The minimum absolute atomic E-state index is 0.206. The lowest BCUT2D eigenvalue weighted by molar-refractivity contribution is 0.253. The molecule has 4 aromatic carbocycles. The van der Waals surface area contributed by atoms with E-state index in [1.807, 2.05) is 66.7 Å². The molecule has 0 aliphatic heterocycles. The predicted molar refractivity (Wildman–Crippen MR) is 126 cm³/mol. The largest absolute Gasteiger partial charge is 0.726 e. The highest BCUT2D eigenvalue weighted by molar-refractivity contribution is 7.95. The van der Waals surface area contributed by atoms with Gasteiger partial charge in [0.1, 0.15) is 17.3 Å². The van der Waals surface area contributed by atoms with Crippen LogP contribution in [0.25, 0.3) is 10.8 Å². The molecule has 32 heavy (non-hydrogen) atoms. The molecule has 1 atom stereocenters. The van der Waals surface area contributed by atoms with Gasteiger partial charge < -0.3 is 9.66 Å². The SMILES string of the molecule is O=S(=O)([O-])OCc1c(C[S+](Cc2ccccc2)c2ccc(O)cc2)ccc2ccccc12. The molecule has 0 spiro atoms. The lowest BCUT2D eigenvalue weighted by atomic mass is 10.0. The summed E-state index contributed by atoms with van der Waals surface area (Å²) in [5.41, 5.74) is 2.82. The third-order valence-corrected chi connectivity index (χ3v) is 7.86. The van der Waals surface area contributed by atoms with Crippen molar-refractivity contribution in [2.24, 2.45) is 0 Å². The highest BCUT2D eigenvalue weighted by Gasteiger charge is 2.25. The van der Waals surface area contributed by atoms with Crippen molar-refractivity contribution in [3.8, 4) is 5.75 Å². The van der Waals surface area contributed by atoms with Crippen LogP contribution < -0.4 is 0 Å². The molecule has 164 valence electrons. The van der Waals surface area contributed by atoms with Gasteiger partial charge in [0.05, 0.1) is 6.61 Å². The Kier molecular flexibility index (Phi) is 6.81. The van der Waals surface area contributed by atoms with Gasteiger partial charge in [-0.25, -0.2) is 8.42 Å². The van der Waals surface area contributed by atoms with Crippen molar-refractivity contribution in [3.63, 3.8) is 0 Å². The maximum Gasteiger partial charge on any atom is 0.217 e. The average Bonchev–Trinajstić information content (AvgIpc) is 2.78. The molecule has 4 rings (SSSR count). The molecule has 0 aliphatic rings. The van der Waals surface area contributed by atoms with Crippen LogP contribution in [0.5, 0.6) is 5.75 Å². The quantitative estimate of drug-likeness (QED) is 0.227. The van der Waals surface area contributed by atoms with E-state index in [1.165, 1.54) is 5.56 Å². The summed E-state index contributed by atoms with van der Waals surface area (Å²) in [5.74, 6) is 1.64. The smallest absolute Gasteiger partial charge is 0.217 e. The second-order valence-corrected chi connectivity index (χ2v) is 10.4. The van der Waals surface area contributed by atoms with Crippen molar-refractivity contribution in [2.45, 2.75) is 23.0 Å². The van der Waals surface area contributed by atoms with E-state index in [1.54, 1.807) is 12.1 Å². The van der Waals surface area contributed by atoms with Crippen LogP contribution in [0.1, 0.15) is 16.7 Å². The van der Waals surface area contributed by atoms with Crippen LogP contribution in [0.4, 0.5) is 0 Å². The highest BCUT2D eigenvalue weighted by Crippen LogP contribution is 2.30. The summed E-state index contributed by atoms with van der Waals surface area (Å²) in [7, 11) is -5.09. The molecular formula is C25H22O5S2. The van der Waals surface area contributed by atoms with Crippen molar-refractivity contribution >= 4 is 32.1 Å². The van der Waals surface area contributed by atoms with Gasteiger partial charge in [0, 0.05) is 22.0 Å². The minimum Gasteiger partial charge on any atom is -0.726 e. The lowest BCUT2D eigenvalue weighted by Crippen LogP contribution is -2.13. The van der Waals surface area contributed by atoms with E-state index in [9.17, 15) is 18.1 Å². The van der Waals surface area contributed by atoms with Gasteiger partial charge in [-0.2, -0.15) is 0 Å². The Morgan fingerprint density at radius 1 is 0.812 bits per heavy atom. The Balaban J connectivity index is 1.75. The summed E-state index contributed by atoms with van der Waals surface area (Å²) in [4.78, 5) is 1.09. The Morgan fingerprint density at radius 3 is 2.22 bits per heavy atom.